The molecule has 1 amide bonds. The molecule has 0 aliphatic carbocycles. The molecule has 7 heteroatoms. The molecule has 1 saturated heterocycles. The van der Waals surface area contributed by atoms with Crippen LogP contribution in [0.25, 0.3) is 6.08 Å². The summed E-state index contributed by atoms with van der Waals surface area (Å²) in [6, 6.07) is 21.5. The number of amides is 1. The molecule has 162 valence electrons. The fraction of sp³-hybridized carbons (Fsp3) is 0.120. The normalized spacial score (nSPS) is 15.1. The zero-order valence-corrected chi connectivity index (χ0v) is 21.5. The summed E-state index contributed by atoms with van der Waals surface area (Å²) in [4.78, 5) is 16.4. The number of para-hydroxylation sites is 1. The lowest BCUT2D eigenvalue weighted by molar-refractivity contribution is -0.114. The van der Waals surface area contributed by atoms with E-state index in [-0.39, 0.29) is 5.91 Å². The van der Waals surface area contributed by atoms with E-state index in [1.54, 1.807) is 16.8 Å². The Morgan fingerprint density at radius 2 is 1.62 bits per heavy atom. The molecule has 0 spiro atoms. The zero-order valence-electron chi connectivity index (χ0n) is 17.5. The van der Waals surface area contributed by atoms with Gasteiger partial charge in [-0.25, -0.2) is 0 Å². The van der Waals surface area contributed by atoms with Crippen LogP contribution in [0.4, 0.5) is 5.69 Å². The Kier molecular flexibility index (Phi) is 6.79. The summed E-state index contributed by atoms with van der Waals surface area (Å²) >= 11 is 12.7. The lowest BCUT2D eigenvalue weighted by Crippen LogP contribution is -2.30. The molecule has 0 bridgehead atoms. The number of hydrogen-bond donors (Lipinski definition) is 0. The third-order valence-corrected chi connectivity index (χ3v) is 6.74. The molecule has 0 N–H and O–H groups in total. The van der Waals surface area contributed by atoms with Gasteiger partial charge in [-0.15, -0.1) is 0 Å². The zero-order chi connectivity index (χ0) is 22.8. The first-order valence-corrected chi connectivity index (χ1v) is 11.9. The number of benzene rings is 3. The fourth-order valence-corrected chi connectivity index (χ4v) is 5.10. The number of carbonyl (C=O) groups excluding carboxylic acids is 1. The van der Waals surface area contributed by atoms with Gasteiger partial charge in [0.25, 0.3) is 5.91 Å². The summed E-state index contributed by atoms with van der Waals surface area (Å²) in [5.41, 5.74) is 4.41. The van der Waals surface area contributed by atoms with Gasteiger partial charge in [-0.2, -0.15) is 0 Å². The molecular weight excluding hydrogens is 552 g/mol. The van der Waals surface area contributed by atoms with Crippen molar-refractivity contribution < 1.29 is 9.53 Å². The third kappa shape index (κ3) is 4.65. The SMILES string of the molecule is Cc1ccc(COc2c(Br)cc(/C=C3/C(=O)N(c4ccccc4)C(=S)N3C)cc2Br)cc1. The first-order chi connectivity index (χ1) is 15.3. The van der Waals surface area contributed by atoms with E-state index in [4.69, 9.17) is 17.0 Å². The van der Waals surface area contributed by atoms with Crippen LogP contribution < -0.4 is 9.64 Å². The minimum atomic E-state index is -0.157. The average molecular weight is 572 g/mol. The van der Waals surface area contributed by atoms with Crippen molar-refractivity contribution in [2.24, 2.45) is 0 Å². The maximum absolute atomic E-state index is 13.1. The molecule has 3 aromatic carbocycles. The minimum absolute atomic E-state index is 0.157. The Bertz CT molecular complexity index is 1190. The summed E-state index contributed by atoms with van der Waals surface area (Å²) < 4.78 is 7.62. The topological polar surface area (TPSA) is 32.8 Å². The number of nitrogens with zero attached hydrogens (tertiary/aromatic N) is 2. The van der Waals surface area contributed by atoms with Crippen molar-refractivity contribution in [3.63, 3.8) is 0 Å². The van der Waals surface area contributed by atoms with Crippen molar-refractivity contribution in [2.75, 3.05) is 11.9 Å². The lowest BCUT2D eigenvalue weighted by atomic mass is 10.1. The molecule has 1 aliphatic heterocycles. The first kappa shape index (κ1) is 22.7. The number of halogens is 2. The Hall–Kier alpha value is -2.48. The summed E-state index contributed by atoms with van der Waals surface area (Å²) in [6.45, 7) is 2.52. The highest BCUT2D eigenvalue weighted by atomic mass is 79.9. The van der Waals surface area contributed by atoms with E-state index in [2.05, 4.69) is 63.0 Å². The Labute approximate surface area is 209 Å². The van der Waals surface area contributed by atoms with Gasteiger partial charge in [0.15, 0.2) is 5.11 Å². The van der Waals surface area contributed by atoms with Gasteiger partial charge in [0.1, 0.15) is 18.1 Å². The van der Waals surface area contributed by atoms with E-state index in [0.29, 0.717) is 23.2 Å². The molecule has 4 nitrogen and oxygen atoms in total. The summed E-state index contributed by atoms with van der Waals surface area (Å²) in [5, 5.41) is 0.448. The van der Waals surface area contributed by atoms with Crippen molar-refractivity contribution >= 4 is 66.9 Å². The van der Waals surface area contributed by atoms with Crippen LogP contribution in [0.1, 0.15) is 16.7 Å². The molecule has 0 unspecified atom stereocenters. The van der Waals surface area contributed by atoms with Gasteiger partial charge in [0, 0.05) is 7.05 Å². The van der Waals surface area contributed by atoms with Crippen LogP contribution in [0, 0.1) is 6.92 Å². The number of anilines is 1. The molecule has 0 saturated carbocycles. The van der Waals surface area contributed by atoms with Crippen molar-refractivity contribution in [2.45, 2.75) is 13.5 Å². The Morgan fingerprint density at radius 3 is 2.25 bits per heavy atom. The fourth-order valence-electron chi connectivity index (χ4n) is 3.36. The minimum Gasteiger partial charge on any atom is -0.487 e. The van der Waals surface area contributed by atoms with Crippen LogP contribution in [0.2, 0.25) is 0 Å². The molecule has 3 aromatic rings. The molecule has 1 fully saturated rings. The predicted molar refractivity (Wildman–Crippen MR) is 140 cm³/mol. The molecule has 4 rings (SSSR count). The first-order valence-electron chi connectivity index (χ1n) is 9.91. The van der Waals surface area contributed by atoms with Crippen LogP contribution >= 0.6 is 44.1 Å². The van der Waals surface area contributed by atoms with Crippen molar-refractivity contribution in [3.05, 3.63) is 98.1 Å². The van der Waals surface area contributed by atoms with Gasteiger partial charge in [0.05, 0.1) is 14.6 Å². The van der Waals surface area contributed by atoms with Gasteiger partial charge in [-0.05, 0) is 92.5 Å². The Morgan fingerprint density at radius 1 is 1.00 bits per heavy atom. The number of likely N-dealkylation sites (N-methyl/N-ethyl adjacent to an activating group) is 1. The highest BCUT2D eigenvalue weighted by Crippen LogP contribution is 2.37. The van der Waals surface area contributed by atoms with E-state index in [1.807, 2.05) is 48.5 Å². The van der Waals surface area contributed by atoms with Gasteiger partial charge < -0.3 is 9.64 Å². The van der Waals surface area contributed by atoms with E-state index in [0.717, 1.165) is 25.8 Å². The lowest BCUT2D eigenvalue weighted by Gasteiger charge is -2.16. The summed E-state index contributed by atoms with van der Waals surface area (Å²) in [6.07, 6.45) is 1.83. The Balaban J connectivity index is 1.58. The molecule has 32 heavy (non-hydrogen) atoms. The van der Waals surface area contributed by atoms with Gasteiger partial charge in [-0.1, -0.05) is 48.0 Å². The van der Waals surface area contributed by atoms with Gasteiger partial charge in [-0.3, -0.25) is 9.69 Å². The molecular formula is C25H20Br2N2O2S. The number of ether oxygens (including phenoxy) is 1. The van der Waals surface area contributed by atoms with Crippen molar-refractivity contribution in [1.29, 1.82) is 0 Å². The smallest absolute Gasteiger partial charge is 0.281 e. The standard InChI is InChI=1S/C25H20Br2N2O2S/c1-16-8-10-17(11-9-16)15-31-23-20(26)12-18(13-21(23)27)14-22-24(30)29(25(32)28(22)2)19-6-4-3-5-7-19/h3-14H,15H2,1-2H3/b22-14-. The maximum atomic E-state index is 13.1. The average Bonchev–Trinajstić information content (AvgIpc) is 2.98. The second kappa shape index (κ2) is 9.57. The molecule has 1 aliphatic rings. The monoisotopic (exact) mass is 570 g/mol. The van der Waals surface area contributed by atoms with Crippen molar-refractivity contribution in [1.82, 2.24) is 4.90 Å². The van der Waals surface area contributed by atoms with E-state index in [1.165, 1.54) is 5.56 Å². The number of thiocarbonyl (C=S) groups is 1. The van der Waals surface area contributed by atoms with E-state index < -0.39 is 0 Å². The maximum Gasteiger partial charge on any atom is 0.281 e. The van der Waals surface area contributed by atoms with Crippen LogP contribution in [-0.4, -0.2) is 23.0 Å². The highest BCUT2D eigenvalue weighted by Gasteiger charge is 2.36. The van der Waals surface area contributed by atoms with Crippen LogP contribution in [-0.2, 0) is 11.4 Å². The number of rotatable bonds is 5. The molecule has 0 radical (unpaired) electrons. The van der Waals surface area contributed by atoms with Crippen molar-refractivity contribution in [3.8, 4) is 5.75 Å². The third-order valence-electron chi connectivity index (χ3n) is 5.10. The number of aryl methyl sites for hydroxylation is 1. The second-order valence-corrected chi connectivity index (χ2v) is 9.51. The number of carbonyl (C=O) groups is 1. The predicted octanol–water partition coefficient (Wildman–Crippen LogP) is 6.70. The molecule has 0 atom stereocenters. The molecule has 0 aromatic heterocycles. The summed E-state index contributed by atoms with van der Waals surface area (Å²) in [5.74, 6) is 0.552. The molecule has 1 heterocycles. The quantitative estimate of drug-likeness (QED) is 0.252. The number of hydrogen-bond acceptors (Lipinski definition) is 3. The van der Waals surface area contributed by atoms with Gasteiger partial charge >= 0.3 is 0 Å². The highest BCUT2D eigenvalue weighted by molar-refractivity contribution is 9.11. The van der Waals surface area contributed by atoms with Gasteiger partial charge in [0.2, 0.25) is 0 Å². The largest absolute Gasteiger partial charge is 0.487 e. The second-order valence-electron chi connectivity index (χ2n) is 7.44. The summed E-state index contributed by atoms with van der Waals surface area (Å²) in [7, 11) is 1.80. The van der Waals surface area contributed by atoms with Crippen LogP contribution in [0.3, 0.4) is 0 Å². The van der Waals surface area contributed by atoms with Crippen LogP contribution in [0.15, 0.2) is 81.4 Å². The van der Waals surface area contributed by atoms with E-state index in [9.17, 15) is 4.79 Å². The van der Waals surface area contributed by atoms with E-state index >= 15 is 0 Å². The van der Waals surface area contributed by atoms with Crippen LogP contribution in [0.5, 0.6) is 5.75 Å².